The first-order chi connectivity index (χ1) is 18.7. The number of benzene rings is 3. The van der Waals surface area contributed by atoms with E-state index in [-0.39, 0.29) is 30.1 Å². The normalized spacial score (nSPS) is 17.1. The predicted molar refractivity (Wildman–Crippen MR) is 137 cm³/mol. The van der Waals surface area contributed by atoms with Gasteiger partial charge in [-0.15, -0.1) is 13.2 Å². The molecule has 4 rings (SSSR count). The van der Waals surface area contributed by atoms with Crippen molar-refractivity contribution in [3.8, 4) is 16.9 Å². The molecule has 206 valence electrons. The van der Waals surface area contributed by atoms with Crippen LogP contribution in [0.4, 0.5) is 22.0 Å². The van der Waals surface area contributed by atoms with E-state index in [2.05, 4.69) is 16.7 Å². The summed E-state index contributed by atoms with van der Waals surface area (Å²) in [4.78, 5) is 17.6. The molecule has 0 aliphatic carbocycles. The van der Waals surface area contributed by atoms with E-state index in [9.17, 15) is 26.7 Å². The fourth-order valence-electron chi connectivity index (χ4n) is 4.62. The van der Waals surface area contributed by atoms with Crippen LogP contribution in [0.15, 0.2) is 71.7 Å². The quantitative estimate of drug-likeness (QED) is 0.147. The molecule has 0 saturated heterocycles. The molecule has 1 heterocycles. The molecule has 4 nitrogen and oxygen atoms in total. The molecule has 0 N–H and O–H groups in total. The minimum atomic E-state index is -4.78. The lowest BCUT2D eigenvalue weighted by molar-refractivity contribution is -0.274. The van der Waals surface area contributed by atoms with E-state index in [1.54, 1.807) is 24.3 Å². The van der Waals surface area contributed by atoms with E-state index in [1.807, 2.05) is 0 Å². The Kier molecular flexibility index (Phi) is 8.99. The predicted octanol–water partition coefficient (Wildman–Crippen LogP) is 8.20. The molecule has 3 aromatic carbocycles. The van der Waals surface area contributed by atoms with Gasteiger partial charge in [0.2, 0.25) is 0 Å². The number of unbranched alkanes of at least 4 members (excludes halogenated alkanes) is 3. The number of alkyl halides is 3. The summed E-state index contributed by atoms with van der Waals surface area (Å²) in [5, 5.41) is 0. The average molecular weight is 546 g/mol. The lowest BCUT2D eigenvalue weighted by Crippen LogP contribution is -2.22. The highest BCUT2D eigenvalue weighted by atomic mass is 19.4. The van der Waals surface area contributed by atoms with E-state index < -0.39 is 35.9 Å². The zero-order valence-corrected chi connectivity index (χ0v) is 21.3. The maximum absolute atomic E-state index is 14.5. The molecular formula is C30H28F5NO3. The van der Waals surface area contributed by atoms with Gasteiger partial charge in [0.15, 0.2) is 0 Å². The first kappa shape index (κ1) is 28.3. The van der Waals surface area contributed by atoms with Gasteiger partial charge in [0.05, 0.1) is 24.1 Å². The van der Waals surface area contributed by atoms with Crippen LogP contribution in [-0.4, -0.2) is 24.7 Å². The van der Waals surface area contributed by atoms with Gasteiger partial charge in [0.1, 0.15) is 17.4 Å². The molecule has 9 heteroatoms. The second kappa shape index (κ2) is 12.4. The van der Waals surface area contributed by atoms with Gasteiger partial charge in [-0.25, -0.2) is 8.78 Å². The molecule has 0 fully saturated rings. The number of carbonyl (C=O) groups is 1. The van der Waals surface area contributed by atoms with Crippen molar-refractivity contribution in [3.05, 3.63) is 89.5 Å². The molecule has 0 aromatic heterocycles. The summed E-state index contributed by atoms with van der Waals surface area (Å²) in [5.74, 6) is -3.07. The topological polar surface area (TPSA) is 47.9 Å². The van der Waals surface area contributed by atoms with Gasteiger partial charge >= 0.3 is 12.3 Å². The SMILES string of the molecule is CCCCCCOC(=O)[C@H]1CC(c2c(F)cccc2F)=N[C@H]1c1ccc(-c2ccc(OC(F)(F)F)cc2)cc1. The lowest BCUT2D eigenvalue weighted by Gasteiger charge is -2.18. The van der Waals surface area contributed by atoms with Crippen LogP contribution < -0.4 is 4.74 Å². The molecule has 0 saturated carbocycles. The third-order valence-corrected chi connectivity index (χ3v) is 6.56. The van der Waals surface area contributed by atoms with Gasteiger partial charge in [-0.3, -0.25) is 9.79 Å². The smallest absolute Gasteiger partial charge is 0.465 e. The number of ether oxygens (including phenoxy) is 2. The zero-order valence-electron chi connectivity index (χ0n) is 21.3. The fraction of sp³-hybridized carbons (Fsp3) is 0.333. The molecule has 1 aliphatic heterocycles. The molecule has 0 unspecified atom stereocenters. The van der Waals surface area contributed by atoms with Crippen molar-refractivity contribution < 1.29 is 36.2 Å². The summed E-state index contributed by atoms with van der Waals surface area (Å²) in [6, 6.07) is 15.3. The number of halogens is 5. The van der Waals surface area contributed by atoms with Crippen LogP contribution in [-0.2, 0) is 9.53 Å². The number of rotatable bonds is 10. The van der Waals surface area contributed by atoms with Crippen molar-refractivity contribution in [3.63, 3.8) is 0 Å². The van der Waals surface area contributed by atoms with E-state index in [0.29, 0.717) is 11.1 Å². The Morgan fingerprint density at radius 2 is 1.51 bits per heavy atom. The van der Waals surface area contributed by atoms with Crippen molar-refractivity contribution in [2.45, 2.75) is 51.4 Å². The van der Waals surface area contributed by atoms with E-state index in [4.69, 9.17) is 4.74 Å². The molecule has 39 heavy (non-hydrogen) atoms. The van der Waals surface area contributed by atoms with Gasteiger partial charge in [-0.1, -0.05) is 68.7 Å². The molecule has 0 amide bonds. The number of esters is 1. The highest BCUT2D eigenvalue weighted by Gasteiger charge is 2.39. The molecule has 0 radical (unpaired) electrons. The Labute approximate surface area is 223 Å². The van der Waals surface area contributed by atoms with Gasteiger partial charge < -0.3 is 9.47 Å². The van der Waals surface area contributed by atoms with Gasteiger partial charge in [0.25, 0.3) is 0 Å². The summed E-state index contributed by atoms with van der Waals surface area (Å²) >= 11 is 0. The number of hydrogen-bond acceptors (Lipinski definition) is 4. The molecular weight excluding hydrogens is 517 g/mol. The van der Waals surface area contributed by atoms with E-state index in [0.717, 1.165) is 43.4 Å². The Morgan fingerprint density at radius 3 is 2.10 bits per heavy atom. The molecule has 2 atom stereocenters. The van der Waals surface area contributed by atoms with Crippen LogP contribution in [0.5, 0.6) is 5.75 Å². The van der Waals surface area contributed by atoms with Crippen molar-refractivity contribution >= 4 is 11.7 Å². The van der Waals surface area contributed by atoms with Crippen LogP contribution in [0.25, 0.3) is 11.1 Å². The second-order valence-electron chi connectivity index (χ2n) is 9.35. The Balaban J connectivity index is 1.56. The summed E-state index contributed by atoms with van der Waals surface area (Å²) < 4.78 is 75.8. The third kappa shape index (κ3) is 7.22. The molecule has 0 bridgehead atoms. The maximum atomic E-state index is 14.5. The van der Waals surface area contributed by atoms with Gasteiger partial charge in [-0.2, -0.15) is 0 Å². The highest BCUT2D eigenvalue weighted by molar-refractivity contribution is 6.04. The van der Waals surface area contributed by atoms with Crippen LogP contribution >= 0.6 is 0 Å². The number of carbonyl (C=O) groups excluding carboxylic acids is 1. The Hall–Kier alpha value is -3.75. The first-order valence-corrected chi connectivity index (χ1v) is 12.8. The molecule has 1 aliphatic rings. The summed E-state index contributed by atoms with van der Waals surface area (Å²) in [6.45, 7) is 2.34. The van der Waals surface area contributed by atoms with Crippen molar-refractivity contribution in [1.29, 1.82) is 0 Å². The lowest BCUT2D eigenvalue weighted by atomic mass is 9.90. The number of hydrogen-bond donors (Lipinski definition) is 0. The minimum Gasteiger partial charge on any atom is -0.465 e. The minimum absolute atomic E-state index is 0.0265. The average Bonchev–Trinajstić information content (AvgIpc) is 3.33. The van der Waals surface area contributed by atoms with Gasteiger partial charge in [-0.05, 0) is 47.4 Å². The van der Waals surface area contributed by atoms with Crippen molar-refractivity contribution in [2.24, 2.45) is 10.9 Å². The zero-order chi connectivity index (χ0) is 28.0. The van der Waals surface area contributed by atoms with E-state index >= 15 is 0 Å². The largest absolute Gasteiger partial charge is 0.573 e. The monoisotopic (exact) mass is 545 g/mol. The highest BCUT2D eigenvalue weighted by Crippen LogP contribution is 2.39. The van der Waals surface area contributed by atoms with Crippen LogP contribution in [0.2, 0.25) is 0 Å². The third-order valence-electron chi connectivity index (χ3n) is 6.56. The number of nitrogens with zero attached hydrogens (tertiary/aromatic N) is 1. The summed E-state index contributed by atoms with van der Waals surface area (Å²) in [5.41, 5.74) is 1.93. The molecule has 3 aromatic rings. The molecule has 0 spiro atoms. The van der Waals surface area contributed by atoms with Gasteiger partial charge in [0, 0.05) is 12.1 Å². The van der Waals surface area contributed by atoms with E-state index in [1.165, 1.54) is 30.3 Å². The summed E-state index contributed by atoms with van der Waals surface area (Å²) in [7, 11) is 0. The van der Waals surface area contributed by atoms with Crippen molar-refractivity contribution in [2.75, 3.05) is 6.61 Å². The summed E-state index contributed by atoms with van der Waals surface area (Å²) in [6.07, 6.45) is -1.00. The van der Waals surface area contributed by atoms with Crippen LogP contribution in [0.1, 0.15) is 56.2 Å². The Bertz CT molecular complexity index is 1280. The van der Waals surface area contributed by atoms with Crippen LogP contribution in [0, 0.1) is 17.6 Å². The standard InChI is InChI=1S/C30H28F5NO3/c1-2-3-4-5-17-38-29(37)23-18-26(27-24(31)7-6-8-25(27)32)36-28(23)21-11-9-19(10-12-21)20-13-15-22(16-14-20)39-30(33,34)35/h6-16,23,28H,2-5,17-18H2,1H3/t23-,28-/m0/s1. The van der Waals surface area contributed by atoms with Crippen molar-refractivity contribution in [1.82, 2.24) is 0 Å². The first-order valence-electron chi connectivity index (χ1n) is 12.8. The Morgan fingerprint density at radius 1 is 0.897 bits per heavy atom. The maximum Gasteiger partial charge on any atom is 0.573 e. The van der Waals surface area contributed by atoms with Crippen LogP contribution in [0.3, 0.4) is 0 Å². The second-order valence-corrected chi connectivity index (χ2v) is 9.35. The number of aliphatic imine (C=N–C) groups is 1. The fourth-order valence-corrected chi connectivity index (χ4v) is 4.62.